The monoisotopic (exact) mass is 436 g/mol. The van der Waals surface area contributed by atoms with Gasteiger partial charge in [-0.15, -0.1) is 0 Å². The summed E-state index contributed by atoms with van der Waals surface area (Å²) in [4.78, 5) is 34.5. The standard InChI is InChI=1S/C26H36N4O2/c1-20(21-9-5-3-6-10-21)18-28(2)19-26(32)29-15-12-22(13-16-29)23-17-25(31)30-14-8-4-7-11-24(30)27-23/h3,5-6,9-10,17,20,22H,4,7-8,11-16,18-19H2,1-2H3/t20-/m0/s1. The zero-order valence-corrected chi connectivity index (χ0v) is 19.5. The maximum absolute atomic E-state index is 12.9. The van der Waals surface area contributed by atoms with Crippen molar-refractivity contribution in [2.75, 3.05) is 33.2 Å². The number of piperidine rings is 1. The number of likely N-dealkylation sites (N-methyl/N-ethyl adjacent to an activating group) is 1. The van der Waals surface area contributed by atoms with E-state index in [2.05, 4.69) is 36.1 Å². The molecule has 1 atom stereocenters. The normalized spacial score (nSPS) is 18.3. The Kier molecular flexibility index (Phi) is 7.40. The number of rotatable bonds is 6. The van der Waals surface area contributed by atoms with E-state index in [1.807, 2.05) is 22.6 Å². The summed E-state index contributed by atoms with van der Waals surface area (Å²) in [6.07, 6.45) is 6.00. The summed E-state index contributed by atoms with van der Waals surface area (Å²) in [6, 6.07) is 12.2. The van der Waals surface area contributed by atoms with Crippen LogP contribution in [0.15, 0.2) is 41.2 Å². The Morgan fingerprint density at radius 1 is 1.12 bits per heavy atom. The molecule has 1 aromatic heterocycles. The molecule has 0 radical (unpaired) electrons. The topological polar surface area (TPSA) is 58.4 Å². The first-order valence-electron chi connectivity index (χ1n) is 12.1. The number of nitrogens with zero attached hydrogens (tertiary/aromatic N) is 4. The fraction of sp³-hybridized carbons (Fsp3) is 0.577. The number of amides is 1. The number of carbonyl (C=O) groups excluding carboxylic acids is 1. The molecule has 1 saturated heterocycles. The van der Waals surface area contributed by atoms with Crippen molar-refractivity contribution in [3.63, 3.8) is 0 Å². The second-order valence-electron chi connectivity index (χ2n) is 9.56. The van der Waals surface area contributed by atoms with E-state index in [-0.39, 0.29) is 17.4 Å². The van der Waals surface area contributed by atoms with Gasteiger partial charge in [0, 0.05) is 44.6 Å². The minimum Gasteiger partial charge on any atom is -0.342 e. The summed E-state index contributed by atoms with van der Waals surface area (Å²) in [5.41, 5.74) is 2.33. The van der Waals surface area contributed by atoms with Crippen LogP contribution in [0.2, 0.25) is 0 Å². The summed E-state index contributed by atoms with van der Waals surface area (Å²) < 4.78 is 1.86. The van der Waals surface area contributed by atoms with Gasteiger partial charge in [-0.3, -0.25) is 19.1 Å². The molecule has 2 aromatic rings. The third-order valence-corrected chi connectivity index (χ3v) is 7.01. The van der Waals surface area contributed by atoms with Crippen molar-refractivity contribution < 1.29 is 4.79 Å². The number of hydrogen-bond acceptors (Lipinski definition) is 4. The highest BCUT2D eigenvalue weighted by Gasteiger charge is 2.26. The fourth-order valence-corrected chi connectivity index (χ4v) is 5.12. The molecular weight excluding hydrogens is 400 g/mol. The lowest BCUT2D eigenvalue weighted by Crippen LogP contribution is -2.43. The Morgan fingerprint density at radius 2 is 1.88 bits per heavy atom. The molecule has 1 fully saturated rings. The maximum atomic E-state index is 12.9. The first-order chi connectivity index (χ1) is 15.5. The van der Waals surface area contributed by atoms with Crippen molar-refractivity contribution in [3.05, 3.63) is 63.8 Å². The van der Waals surface area contributed by atoms with Gasteiger partial charge in [-0.25, -0.2) is 4.98 Å². The van der Waals surface area contributed by atoms with E-state index < -0.39 is 0 Å². The van der Waals surface area contributed by atoms with Gasteiger partial charge in [-0.1, -0.05) is 43.7 Å². The lowest BCUT2D eigenvalue weighted by molar-refractivity contribution is -0.133. The molecular formula is C26H36N4O2. The van der Waals surface area contributed by atoms with E-state index in [9.17, 15) is 9.59 Å². The van der Waals surface area contributed by atoms with Crippen LogP contribution in [0.25, 0.3) is 0 Å². The highest BCUT2D eigenvalue weighted by atomic mass is 16.2. The van der Waals surface area contributed by atoms with Crippen LogP contribution in [-0.2, 0) is 17.8 Å². The van der Waals surface area contributed by atoms with Crippen LogP contribution in [0.5, 0.6) is 0 Å². The fourth-order valence-electron chi connectivity index (χ4n) is 5.12. The molecule has 0 saturated carbocycles. The molecule has 6 heteroatoms. The largest absolute Gasteiger partial charge is 0.342 e. The number of fused-ring (bicyclic) bond motifs is 1. The number of aromatic nitrogens is 2. The number of hydrogen-bond donors (Lipinski definition) is 0. The molecule has 0 aliphatic carbocycles. The van der Waals surface area contributed by atoms with E-state index in [1.54, 1.807) is 6.07 Å². The second kappa shape index (κ2) is 10.4. The molecule has 2 aliphatic heterocycles. The summed E-state index contributed by atoms with van der Waals surface area (Å²) in [5, 5.41) is 0. The average Bonchev–Trinajstić information content (AvgIpc) is 3.05. The number of carbonyl (C=O) groups is 1. The van der Waals surface area contributed by atoms with Gasteiger partial charge in [0.1, 0.15) is 5.82 Å². The third kappa shape index (κ3) is 5.47. The van der Waals surface area contributed by atoms with Gasteiger partial charge in [-0.05, 0) is 44.2 Å². The van der Waals surface area contributed by atoms with Crippen LogP contribution >= 0.6 is 0 Å². The summed E-state index contributed by atoms with van der Waals surface area (Å²) in [7, 11) is 2.02. The molecule has 0 unspecified atom stereocenters. The predicted molar refractivity (Wildman–Crippen MR) is 127 cm³/mol. The summed E-state index contributed by atoms with van der Waals surface area (Å²) >= 11 is 0. The number of benzene rings is 1. The van der Waals surface area contributed by atoms with Gasteiger partial charge in [0.2, 0.25) is 5.91 Å². The van der Waals surface area contributed by atoms with E-state index in [4.69, 9.17) is 4.98 Å². The molecule has 0 N–H and O–H groups in total. The van der Waals surface area contributed by atoms with Crippen molar-refractivity contribution >= 4 is 5.91 Å². The molecule has 3 heterocycles. The first-order valence-corrected chi connectivity index (χ1v) is 12.1. The minimum absolute atomic E-state index is 0.0968. The Balaban J connectivity index is 1.30. The quantitative estimate of drug-likeness (QED) is 0.696. The van der Waals surface area contributed by atoms with Crippen molar-refractivity contribution in [2.24, 2.45) is 0 Å². The van der Waals surface area contributed by atoms with Gasteiger partial charge in [-0.2, -0.15) is 0 Å². The van der Waals surface area contributed by atoms with E-state index in [1.165, 1.54) is 5.56 Å². The van der Waals surface area contributed by atoms with E-state index >= 15 is 0 Å². The molecule has 4 rings (SSSR count). The van der Waals surface area contributed by atoms with Crippen LogP contribution in [0.4, 0.5) is 0 Å². The molecule has 2 aliphatic rings. The Labute approximate surface area is 191 Å². The van der Waals surface area contributed by atoms with Gasteiger partial charge < -0.3 is 4.90 Å². The highest BCUT2D eigenvalue weighted by Crippen LogP contribution is 2.27. The van der Waals surface area contributed by atoms with Crippen molar-refractivity contribution in [1.29, 1.82) is 0 Å². The number of aryl methyl sites for hydroxylation is 1. The van der Waals surface area contributed by atoms with E-state index in [0.717, 1.165) is 76.2 Å². The molecule has 32 heavy (non-hydrogen) atoms. The SMILES string of the molecule is C[C@@H](CN(C)CC(=O)N1CCC(c2cc(=O)n3c(n2)CCCCC3)CC1)c1ccccc1. The zero-order valence-electron chi connectivity index (χ0n) is 19.5. The van der Waals surface area contributed by atoms with Crippen LogP contribution in [-0.4, -0.2) is 58.5 Å². The predicted octanol–water partition coefficient (Wildman–Crippen LogP) is 3.41. The molecule has 0 spiro atoms. The Bertz CT molecular complexity index is 964. The average molecular weight is 437 g/mol. The Morgan fingerprint density at radius 3 is 2.62 bits per heavy atom. The minimum atomic E-state index is 0.0968. The van der Waals surface area contributed by atoms with Gasteiger partial charge in [0.05, 0.1) is 12.2 Å². The Hall–Kier alpha value is -2.47. The maximum Gasteiger partial charge on any atom is 0.253 e. The second-order valence-corrected chi connectivity index (χ2v) is 9.56. The van der Waals surface area contributed by atoms with Crippen LogP contribution < -0.4 is 5.56 Å². The molecule has 1 aromatic carbocycles. The van der Waals surface area contributed by atoms with Crippen molar-refractivity contribution in [2.45, 2.75) is 63.8 Å². The first kappa shape index (κ1) is 22.7. The molecule has 172 valence electrons. The highest BCUT2D eigenvalue weighted by molar-refractivity contribution is 5.78. The zero-order chi connectivity index (χ0) is 22.5. The molecule has 1 amide bonds. The van der Waals surface area contributed by atoms with Crippen molar-refractivity contribution in [1.82, 2.24) is 19.4 Å². The molecule has 0 bridgehead atoms. The van der Waals surface area contributed by atoms with Gasteiger partial charge in [0.25, 0.3) is 5.56 Å². The van der Waals surface area contributed by atoms with Crippen molar-refractivity contribution in [3.8, 4) is 0 Å². The van der Waals surface area contributed by atoms with Crippen LogP contribution in [0.3, 0.4) is 0 Å². The van der Waals surface area contributed by atoms with Gasteiger partial charge in [0.15, 0.2) is 0 Å². The summed E-state index contributed by atoms with van der Waals surface area (Å²) in [6.45, 7) is 5.79. The van der Waals surface area contributed by atoms with E-state index in [0.29, 0.717) is 12.5 Å². The third-order valence-electron chi connectivity index (χ3n) is 7.01. The van der Waals surface area contributed by atoms with Crippen LogP contribution in [0.1, 0.15) is 67.9 Å². The molecule has 6 nitrogen and oxygen atoms in total. The lowest BCUT2D eigenvalue weighted by Gasteiger charge is -2.33. The summed E-state index contributed by atoms with van der Waals surface area (Å²) in [5.74, 6) is 1.81. The smallest absolute Gasteiger partial charge is 0.253 e. The van der Waals surface area contributed by atoms with Crippen LogP contribution in [0, 0.1) is 0 Å². The van der Waals surface area contributed by atoms with Gasteiger partial charge >= 0.3 is 0 Å². The lowest BCUT2D eigenvalue weighted by atomic mass is 9.93. The number of likely N-dealkylation sites (tertiary alicyclic amines) is 1.